The summed E-state index contributed by atoms with van der Waals surface area (Å²) < 4.78 is 0. The van der Waals surface area contributed by atoms with Crippen LogP contribution in [-0.2, 0) is 17.9 Å². The molecule has 0 radical (unpaired) electrons. The first kappa shape index (κ1) is 16.5. The van der Waals surface area contributed by atoms with Crippen LogP contribution in [0.2, 0.25) is 5.02 Å². The van der Waals surface area contributed by atoms with Crippen molar-refractivity contribution in [3.05, 3.63) is 70.2 Å². The first-order chi connectivity index (χ1) is 10.6. The Morgan fingerprint density at radius 1 is 0.955 bits per heavy atom. The molecule has 3 nitrogen and oxygen atoms in total. The SMILES string of the molecule is Cc1ccc(CNCCC(=O)NCc2ccc(Cl)cc2)cc1. The molecule has 2 rings (SSSR count). The van der Waals surface area contributed by atoms with Crippen LogP contribution in [0.4, 0.5) is 0 Å². The lowest BCUT2D eigenvalue weighted by Gasteiger charge is -2.07. The van der Waals surface area contributed by atoms with Gasteiger partial charge in [0.15, 0.2) is 0 Å². The topological polar surface area (TPSA) is 41.1 Å². The van der Waals surface area contributed by atoms with Crippen LogP contribution >= 0.6 is 11.6 Å². The Hall–Kier alpha value is -1.84. The average molecular weight is 317 g/mol. The molecule has 4 heteroatoms. The third kappa shape index (κ3) is 5.88. The van der Waals surface area contributed by atoms with E-state index in [-0.39, 0.29) is 5.91 Å². The predicted molar refractivity (Wildman–Crippen MR) is 90.8 cm³/mol. The number of amides is 1. The summed E-state index contributed by atoms with van der Waals surface area (Å²) in [7, 11) is 0. The fourth-order valence-corrected chi connectivity index (χ4v) is 2.16. The van der Waals surface area contributed by atoms with Crippen molar-refractivity contribution in [1.29, 1.82) is 0 Å². The van der Waals surface area contributed by atoms with Gasteiger partial charge in [-0.25, -0.2) is 0 Å². The number of carbonyl (C=O) groups excluding carboxylic acids is 1. The largest absolute Gasteiger partial charge is 0.352 e. The number of benzene rings is 2. The Morgan fingerprint density at radius 2 is 1.55 bits per heavy atom. The quantitative estimate of drug-likeness (QED) is 0.768. The second-order valence-corrected chi connectivity index (χ2v) is 5.75. The molecular formula is C18H21ClN2O. The molecule has 0 aliphatic carbocycles. The third-order valence-corrected chi connectivity index (χ3v) is 3.63. The maximum Gasteiger partial charge on any atom is 0.221 e. The van der Waals surface area contributed by atoms with E-state index in [1.54, 1.807) is 0 Å². The summed E-state index contributed by atoms with van der Waals surface area (Å²) in [5, 5.41) is 6.89. The van der Waals surface area contributed by atoms with Crippen LogP contribution in [-0.4, -0.2) is 12.5 Å². The van der Waals surface area contributed by atoms with E-state index >= 15 is 0 Å². The monoisotopic (exact) mass is 316 g/mol. The summed E-state index contributed by atoms with van der Waals surface area (Å²) >= 11 is 5.82. The molecule has 2 aromatic carbocycles. The summed E-state index contributed by atoms with van der Waals surface area (Å²) in [5.74, 6) is 0.0476. The summed E-state index contributed by atoms with van der Waals surface area (Å²) in [6, 6.07) is 15.9. The van der Waals surface area contributed by atoms with Crippen molar-refractivity contribution in [1.82, 2.24) is 10.6 Å². The first-order valence-electron chi connectivity index (χ1n) is 7.41. The van der Waals surface area contributed by atoms with Crippen LogP contribution in [0.15, 0.2) is 48.5 Å². The molecule has 2 aromatic rings. The van der Waals surface area contributed by atoms with Crippen molar-refractivity contribution in [2.45, 2.75) is 26.4 Å². The number of nitrogens with one attached hydrogen (secondary N) is 2. The highest BCUT2D eigenvalue weighted by Gasteiger charge is 2.01. The lowest BCUT2D eigenvalue weighted by molar-refractivity contribution is -0.121. The Balaban J connectivity index is 1.61. The highest BCUT2D eigenvalue weighted by molar-refractivity contribution is 6.30. The molecule has 0 unspecified atom stereocenters. The van der Waals surface area contributed by atoms with E-state index in [0.717, 1.165) is 12.1 Å². The van der Waals surface area contributed by atoms with Gasteiger partial charge in [0, 0.05) is 31.1 Å². The van der Waals surface area contributed by atoms with Gasteiger partial charge < -0.3 is 10.6 Å². The molecule has 0 aliphatic heterocycles. The number of hydrogen-bond donors (Lipinski definition) is 2. The lowest BCUT2D eigenvalue weighted by atomic mass is 10.1. The van der Waals surface area contributed by atoms with E-state index in [4.69, 9.17) is 11.6 Å². The minimum absolute atomic E-state index is 0.0476. The minimum Gasteiger partial charge on any atom is -0.352 e. The smallest absolute Gasteiger partial charge is 0.221 e. The van der Waals surface area contributed by atoms with Gasteiger partial charge in [-0.2, -0.15) is 0 Å². The van der Waals surface area contributed by atoms with Gasteiger partial charge in [-0.1, -0.05) is 53.6 Å². The van der Waals surface area contributed by atoms with Gasteiger partial charge >= 0.3 is 0 Å². The first-order valence-corrected chi connectivity index (χ1v) is 7.79. The van der Waals surface area contributed by atoms with Crippen molar-refractivity contribution in [3.8, 4) is 0 Å². The van der Waals surface area contributed by atoms with E-state index in [0.29, 0.717) is 24.5 Å². The second kappa shape index (κ2) is 8.57. The Morgan fingerprint density at radius 3 is 2.23 bits per heavy atom. The van der Waals surface area contributed by atoms with Crippen LogP contribution < -0.4 is 10.6 Å². The van der Waals surface area contributed by atoms with Crippen molar-refractivity contribution in [2.75, 3.05) is 6.54 Å². The molecule has 1 amide bonds. The van der Waals surface area contributed by atoms with E-state index in [9.17, 15) is 4.79 Å². The van der Waals surface area contributed by atoms with Gasteiger partial charge in [0.1, 0.15) is 0 Å². The highest BCUT2D eigenvalue weighted by atomic mass is 35.5. The molecule has 116 valence electrons. The third-order valence-electron chi connectivity index (χ3n) is 3.38. The molecule has 2 N–H and O–H groups in total. The van der Waals surface area contributed by atoms with Crippen LogP contribution in [0.25, 0.3) is 0 Å². The van der Waals surface area contributed by atoms with E-state index < -0.39 is 0 Å². The van der Waals surface area contributed by atoms with E-state index in [1.165, 1.54) is 11.1 Å². The number of carbonyl (C=O) groups is 1. The predicted octanol–water partition coefficient (Wildman–Crippen LogP) is 3.44. The maximum absolute atomic E-state index is 11.8. The fourth-order valence-electron chi connectivity index (χ4n) is 2.03. The van der Waals surface area contributed by atoms with Crippen molar-refractivity contribution in [2.24, 2.45) is 0 Å². The number of halogens is 1. The second-order valence-electron chi connectivity index (χ2n) is 5.32. The molecular weight excluding hydrogens is 296 g/mol. The average Bonchev–Trinajstić information content (AvgIpc) is 2.53. The number of hydrogen-bond acceptors (Lipinski definition) is 2. The van der Waals surface area contributed by atoms with Gasteiger partial charge in [0.25, 0.3) is 0 Å². The molecule has 0 saturated heterocycles. The van der Waals surface area contributed by atoms with Crippen LogP contribution in [0.3, 0.4) is 0 Å². The van der Waals surface area contributed by atoms with Crippen molar-refractivity contribution < 1.29 is 4.79 Å². The fraction of sp³-hybridized carbons (Fsp3) is 0.278. The summed E-state index contributed by atoms with van der Waals surface area (Å²) in [4.78, 5) is 11.8. The Bertz CT molecular complexity index is 593. The number of aryl methyl sites for hydroxylation is 1. The maximum atomic E-state index is 11.8. The van der Waals surface area contributed by atoms with Crippen molar-refractivity contribution in [3.63, 3.8) is 0 Å². The zero-order valence-electron chi connectivity index (χ0n) is 12.7. The van der Waals surface area contributed by atoms with E-state index in [2.05, 4.69) is 41.8 Å². The summed E-state index contributed by atoms with van der Waals surface area (Å²) in [6.45, 7) is 4.06. The Labute approximate surface area is 136 Å². The summed E-state index contributed by atoms with van der Waals surface area (Å²) in [5.41, 5.74) is 3.53. The van der Waals surface area contributed by atoms with E-state index in [1.807, 2.05) is 24.3 Å². The van der Waals surface area contributed by atoms with Gasteiger partial charge in [0.05, 0.1) is 0 Å². The molecule has 0 fully saturated rings. The van der Waals surface area contributed by atoms with Crippen LogP contribution in [0, 0.1) is 6.92 Å². The normalized spacial score (nSPS) is 10.5. The molecule has 22 heavy (non-hydrogen) atoms. The molecule has 0 spiro atoms. The standard InChI is InChI=1S/C18H21ClN2O/c1-14-2-4-15(5-3-14)12-20-11-10-18(22)21-13-16-6-8-17(19)9-7-16/h2-9,20H,10-13H2,1H3,(H,21,22). The van der Waals surface area contributed by atoms with Crippen LogP contribution in [0.1, 0.15) is 23.1 Å². The summed E-state index contributed by atoms with van der Waals surface area (Å²) in [6.07, 6.45) is 0.472. The van der Waals surface area contributed by atoms with Gasteiger partial charge in [-0.15, -0.1) is 0 Å². The molecule has 0 heterocycles. The highest BCUT2D eigenvalue weighted by Crippen LogP contribution is 2.09. The Kier molecular flexibility index (Phi) is 6.44. The molecule has 0 aromatic heterocycles. The number of rotatable bonds is 7. The molecule has 0 atom stereocenters. The molecule has 0 aliphatic rings. The van der Waals surface area contributed by atoms with Gasteiger partial charge in [-0.05, 0) is 30.2 Å². The van der Waals surface area contributed by atoms with Gasteiger partial charge in [-0.3, -0.25) is 4.79 Å². The molecule has 0 bridgehead atoms. The zero-order valence-corrected chi connectivity index (χ0v) is 13.5. The molecule has 0 saturated carbocycles. The zero-order chi connectivity index (χ0) is 15.8. The minimum atomic E-state index is 0.0476. The van der Waals surface area contributed by atoms with Crippen LogP contribution in [0.5, 0.6) is 0 Å². The van der Waals surface area contributed by atoms with Gasteiger partial charge in [0.2, 0.25) is 5.91 Å². The lowest BCUT2D eigenvalue weighted by Crippen LogP contribution is -2.27. The van der Waals surface area contributed by atoms with Crippen molar-refractivity contribution >= 4 is 17.5 Å².